The van der Waals surface area contributed by atoms with Crippen LogP contribution in [0.3, 0.4) is 0 Å². The maximum atomic E-state index is 13.0. The number of carbonyl (C=O) groups is 2. The van der Waals surface area contributed by atoms with Crippen molar-refractivity contribution in [3.8, 4) is 0 Å². The van der Waals surface area contributed by atoms with Gasteiger partial charge in [0.25, 0.3) is 5.91 Å². The van der Waals surface area contributed by atoms with Gasteiger partial charge in [0.05, 0.1) is 39.0 Å². The summed E-state index contributed by atoms with van der Waals surface area (Å²) in [5.41, 5.74) is 1.49. The van der Waals surface area contributed by atoms with Crippen LogP contribution in [0.15, 0.2) is 35.7 Å². The van der Waals surface area contributed by atoms with Crippen LogP contribution in [-0.4, -0.2) is 51.7 Å². The molecule has 6 nitrogen and oxygen atoms in total. The van der Waals surface area contributed by atoms with Crippen molar-refractivity contribution in [2.45, 2.75) is 0 Å². The molecule has 0 aliphatic carbocycles. The molecule has 1 fully saturated rings. The Bertz CT molecular complexity index is 770. The van der Waals surface area contributed by atoms with Gasteiger partial charge in [0, 0.05) is 5.69 Å². The van der Waals surface area contributed by atoms with Crippen molar-refractivity contribution in [3.05, 3.63) is 46.4 Å². The second kappa shape index (κ2) is 8.29. The van der Waals surface area contributed by atoms with Gasteiger partial charge in [-0.25, -0.2) is 9.18 Å². The summed E-state index contributed by atoms with van der Waals surface area (Å²) < 4.78 is 17.7. The maximum Gasteiger partial charge on any atom is 0.350 e. The normalized spacial score (nSPS) is 14.9. The molecule has 1 amide bonds. The molecule has 2 heterocycles. The van der Waals surface area contributed by atoms with Gasteiger partial charge in [-0.1, -0.05) is 0 Å². The zero-order valence-electron chi connectivity index (χ0n) is 14.5. The first-order valence-electron chi connectivity index (χ1n) is 8.36. The number of halogens is 1. The molecule has 0 bridgehead atoms. The molecule has 2 aromatic rings. The van der Waals surface area contributed by atoms with Gasteiger partial charge in [0.2, 0.25) is 0 Å². The van der Waals surface area contributed by atoms with Crippen molar-refractivity contribution >= 4 is 34.6 Å². The zero-order valence-corrected chi connectivity index (χ0v) is 15.3. The van der Waals surface area contributed by atoms with E-state index in [0.717, 1.165) is 31.9 Å². The third-order valence-corrected chi connectivity index (χ3v) is 5.28. The molecule has 0 unspecified atom stereocenters. The number of quaternary nitrogens is 1. The summed E-state index contributed by atoms with van der Waals surface area (Å²) in [5.74, 6) is -0.816. The summed E-state index contributed by atoms with van der Waals surface area (Å²) in [6, 6.07) is 8.18. The third-order valence-electron chi connectivity index (χ3n) is 4.38. The Morgan fingerprint density at radius 2 is 1.92 bits per heavy atom. The SMILES string of the molecule is COC(=O)c1sccc1NC(=O)C[NH+]1CCN(c2ccc(F)cc2)CC1. The number of piperazine rings is 1. The van der Waals surface area contributed by atoms with Gasteiger partial charge in [-0.2, -0.15) is 0 Å². The monoisotopic (exact) mass is 378 g/mol. The lowest BCUT2D eigenvalue weighted by Gasteiger charge is -2.33. The van der Waals surface area contributed by atoms with Gasteiger partial charge in [-0.05, 0) is 35.7 Å². The van der Waals surface area contributed by atoms with E-state index in [1.54, 1.807) is 23.6 Å². The first-order chi connectivity index (χ1) is 12.6. The highest BCUT2D eigenvalue weighted by Crippen LogP contribution is 2.22. The number of anilines is 2. The minimum Gasteiger partial charge on any atom is -0.465 e. The smallest absolute Gasteiger partial charge is 0.350 e. The molecular formula is C18H21FN3O3S+. The van der Waals surface area contributed by atoms with E-state index in [9.17, 15) is 14.0 Å². The molecule has 8 heteroatoms. The third kappa shape index (κ3) is 4.39. The van der Waals surface area contributed by atoms with E-state index in [2.05, 4.69) is 10.2 Å². The highest BCUT2D eigenvalue weighted by Gasteiger charge is 2.23. The Morgan fingerprint density at radius 1 is 1.23 bits per heavy atom. The van der Waals surface area contributed by atoms with Gasteiger partial charge in [-0.3, -0.25) is 4.79 Å². The van der Waals surface area contributed by atoms with Crippen LogP contribution in [0.1, 0.15) is 9.67 Å². The minimum atomic E-state index is -0.449. The van der Waals surface area contributed by atoms with Crippen LogP contribution in [0.5, 0.6) is 0 Å². The number of hydrogen-bond acceptors (Lipinski definition) is 5. The predicted molar refractivity (Wildman–Crippen MR) is 98.5 cm³/mol. The molecule has 0 radical (unpaired) electrons. The lowest BCUT2D eigenvalue weighted by atomic mass is 10.2. The van der Waals surface area contributed by atoms with Gasteiger partial charge in [0.1, 0.15) is 10.7 Å². The fourth-order valence-electron chi connectivity index (χ4n) is 2.99. The molecule has 0 spiro atoms. The Balaban J connectivity index is 1.50. The number of rotatable bonds is 5. The Labute approximate surface area is 155 Å². The quantitative estimate of drug-likeness (QED) is 0.763. The van der Waals surface area contributed by atoms with Crippen molar-refractivity contribution in [3.63, 3.8) is 0 Å². The standard InChI is InChI=1S/C18H20FN3O3S/c1-25-18(24)17-15(6-11-26-17)20-16(23)12-21-7-9-22(10-8-21)14-4-2-13(19)3-5-14/h2-6,11H,7-10,12H2,1H3,(H,20,23)/p+1. The summed E-state index contributed by atoms with van der Waals surface area (Å²) >= 11 is 1.24. The van der Waals surface area contributed by atoms with E-state index in [1.165, 1.54) is 35.5 Å². The Hall–Kier alpha value is -2.45. The molecule has 1 saturated heterocycles. The molecule has 26 heavy (non-hydrogen) atoms. The topological polar surface area (TPSA) is 63.1 Å². The average molecular weight is 378 g/mol. The summed E-state index contributed by atoms with van der Waals surface area (Å²) in [6.45, 7) is 3.59. The molecule has 0 saturated carbocycles. The molecule has 2 N–H and O–H groups in total. The summed E-state index contributed by atoms with van der Waals surface area (Å²) in [7, 11) is 1.32. The average Bonchev–Trinajstić information content (AvgIpc) is 3.10. The lowest BCUT2D eigenvalue weighted by molar-refractivity contribution is -0.892. The maximum absolute atomic E-state index is 13.0. The fourth-order valence-corrected chi connectivity index (χ4v) is 3.76. The van der Waals surface area contributed by atoms with Crippen molar-refractivity contribution in [2.24, 2.45) is 0 Å². The number of ether oxygens (including phenoxy) is 1. The van der Waals surface area contributed by atoms with Crippen LogP contribution in [0.4, 0.5) is 15.8 Å². The Kier molecular flexibility index (Phi) is 5.85. The minimum absolute atomic E-state index is 0.126. The number of amides is 1. The highest BCUT2D eigenvalue weighted by molar-refractivity contribution is 7.12. The van der Waals surface area contributed by atoms with Crippen molar-refractivity contribution in [2.75, 3.05) is 50.1 Å². The number of hydrogen-bond donors (Lipinski definition) is 2. The second-order valence-corrected chi connectivity index (χ2v) is 7.01. The molecule has 1 aromatic carbocycles. The van der Waals surface area contributed by atoms with Gasteiger partial charge in [0.15, 0.2) is 6.54 Å². The predicted octanol–water partition coefficient (Wildman–Crippen LogP) is 1.02. The molecule has 1 aliphatic rings. The highest BCUT2D eigenvalue weighted by atomic mass is 32.1. The largest absolute Gasteiger partial charge is 0.465 e. The summed E-state index contributed by atoms with van der Waals surface area (Å²) in [5, 5.41) is 4.54. The van der Waals surface area contributed by atoms with Crippen molar-refractivity contribution in [1.29, 1.82) is 0 Å². The molecular weight excluding hydrogens is 357 g/mol. The molecule has 1 aromatic heterocycles. The molecule has 138 valence electrons. The van der Waals surface area contributed by atoms with Gasteiger partial charge in [-0.15, -0.1) is 11.3 Å². The first kappa shape index (κ1) is 18.3. The lowest BCUT2D eigenvalue weighted by Crippen LogP contribution is -3.15. The number of carbonyl (C=O) groups excluding carboxylic acids is 2. The number of esters is 1. The summed E-state index contributed by atoms with van der Waals surface area (Å²) in [6.07, 6.45) is 0. The van der Waals surface area contributed by atoms with Crippen LogP contribution in [0.25, 0.3) is 0 Å². The van der Waals surface area contributed by atoms with Crippen LogP contribution < -0.4 is 15.1 Å². The van der Waals surface area contributed by atoms with E-state index in [4.69, 9.17) is 4.74 Å². The number of methoxy groups -OCH3 is 1. The second-order valence-electron chi connectivity index (χ2n) is 6.09. The number of nitrogens with zero attached hydrogens (tertiary/aromatic N) is 1. The van der Waals surface area contributed by atoms with Gasteiger partial charge < -0.3 is 19.9 Å². The summed E-state index contributed by atoms with van der Waals surface area (Å²) in [4.78, 5) is 27.7. The van der Waals surface area contributed by atoms with E-state index in [1.807, 2.05) is 0 Å². The van der Waals surface area contributed by atoms with Crippen molar-refractivity contribution in [1.82, 2.24) is 0 Å². The van der Waals surface area contributed by atoms with Crippen molar-refractivity contribution < 1.29 is 23.6 Å². The number of nitrogens with one attached hydrogen (secondary N) is 2. The molecule has 0 atom stereocenters. The van der Waals surface area contributed by atoms with E-state index in [-0.39, 0.29) is 11.7 Å². The van der Waals surface area contributed by atoms with Crippen LogP contribution in [0.2, 0.25) is 0 Å². The zero-order chi connectivity index (χ0) is 18.5. The number of benzene rings is 1. The Morgan fingerprint density at radius 3 is 2.58 bits per heavy atom. The van der Waals surface area contributed by atoms with Crippen LogP contribution in [0, 0.1) is 5.82 Å². The van der Waals surface area contributed by atoms with Crippen LogP contribution in [-0.2, 0) is 9.53 Å². The first-order valence-corrected chi connectivity index (χ1v) is 9.24. The fraction of sp³-hybridized carbons (Fsp3) is 0.333. The van der Waals surface area contributed by atoms with Crippen LogP contribution >= 0.6 is 11.3 Å². The van der Waals surface area contributed by atoms with E-state index >= 15 is 0 Å². The molecule has 3 rings (SSSR count). The molecule has 1 aliphatic heterocycles. The van der Waals surface area contributed by atoms with Gasteiger partial charge >= 0.3 is 5.97 Å². The number of thiophene rings is 1. The van der Waals surface area contributed by atoms with E-state index < -0.39 is 5.97 Å². The van der Waals surface area contributed by atoms with E-state index in [0.29, 0.717) is 17.1 Å².